The predicted octanol–water partition coefficient (Wildman–Crippen LogP) is 3.28. The molecular formula is C6H10Cl2Si. The molecule has 0 aliphatic rings. The van der Waals surface area contributed by atoms with E-state index in [1.165, 1.54) is 0 Å². The van der Waals surface area contributed by atoms with Gasteiger partial charge in [0.05, 0.1) is 0 Å². The van der Waals surface area contributed by atoms with Gasteiger partial charge in [-0.2, -0.15) is 0 Å². The summed E-state index contributed by atoms with van der Waals surface area (Å²) in [6, 6.07) is 1.48. The third kappa shape index (κ3) is 4.76. The average molecular weight is 181 g/mol. The van der Waals surface area contributed by atoms with Crippen LogP contribution in [0.2, 0.25) is 12.1 Å². The van der Waals surface area contributed by atoms with Gasteiger partial charge in [0, 0.05) is 0 Å². The maximum Gasteiger partial charge on any atom is 0.258 e. The van der Waals surface area contributed by atoms with Gasteiger partial charge in [-0.25, -0.2) is 0 Å². The van der Waals surface area contributed by atoms with Crippen LogP contribution in [-0.4, -0.2) is 6.69 Å². The molecule has 0 rings (SSSR count). The lowest BCUT2D eigenvalue weighted by molar-refractivity contribution is 1.57. The van der Waals surface area contributed by atoms with Crippen LogP contribution in [0.5, 0.6) is 0 Å². The standard InChI is InChI=1S/C6H10Cl2Si/c1-3-5-9(7,8)6-4-2/h3-4H,1-2,5-6H2. The van der Waals surface area contributed by atoms with Crippen LogP contribution in [0.1, 0.15) is 0 Å². The SMILES string of the molecule is C=CC[Si](Cl)(Cl)CC=C. The van der Waals surface area contributed by atoms with Crippen LogP contribution in [-0.2, 0) is 0 Å². The Hall–Kier alpha value is 0.277. The summed E-state index contributed by atoms with van der Waals surface area (Å²) in [5.41, 5.74) is 0. The van der Waals surface area contributed by atoms with Crippen LogP contribution >= 0.6 is 22.2 Å². The third-order valence-electron chi connectivity index (χ3n) is 0.886. The average Bonchev–Trinajstić information content (AvgIpc) is 1.64. The second-order valence-corrected chi connectivity index (χ2v) is 9.29. The Kier molecular flexibility index (Phi) is 4.28. The lowest BCUT2D eigenvalue weighted by atomic mass is 10.7. The van der Waals surface area contributed by atoms with E-state index < -0.39 is 6.69 Å². The van der Waals surface area contributed by atoms with Crippen molar-refractivity contribution in [3.8, 4) is 0 Å². The molecule has 9 heavy (non-hydrogen) atoms. The van der Waals surface area contributed by atoms with Crippen molar-refractivity contribution in [1.82, 2.24) is 0 Å². The maximum absolute atomic E-state index is 5.90. The molecule has 0 unspecified atom stereocenters. The zero-order valence-electron chi connectivity index (χ0n) is 5.24. The first kappa shape index (κ1) is 9.28. The minimum Gasteiger partial charge on any atom is -0.145 e. The molecule has 0 radical (unpaired) electrons. The fraction of sp³-hybridized carbons (Fsp3) is 0.333. The normalized spacial score (nSPS) is 10.9. The van der Waals surface area contributed by atoms with E-state index in [0.29, 0.717) is 0 Å². The molecule has 0 saturated carbocycles. The summed E-state index contributed by atoms with van der Waals surface area (Å²) in [5.74, 6) is 0. The minimum atomic E-state index is -1.99. The van der Waals surface area contributed by atoms with Gasteiger partial charge in [0.25, 0.3) is 6.69 Å². The van der Waals surface area contributed by atoms with Crippen molar-refractivity contribution < 1.29 is 0 Å². The number of hydrogen-bond acceptors (Lipinski definition) is 0. The monoisotopic (exact) mass is 180 g/mol. The van der Waals surface area contributed by atoms with E-state index in [4.69, 9.17) is 22.2 Å². The second-order valence-electron chi connectivity index (χ2n) is 1.84. The molecule has 0 aliphatic heterocycles. The van der Waals surface area contributed by atoms with E-state index in [-0.39, 0.29) is 0 Å². The molecule has 3 heteroatoms. The van der Waals surface area contributed by atoms with Crippen molar-refractivity contribution in [2.24, 2.45) is 0 Å². The molecule has 0 saturated heterocycles. The van der Waals surface area contributed by atoms with E-state index in [9.17, 15) is 0 Å². The summed E-state index contributed by atoms with van der Waals surface area (Å²) in [5, 5.41) is 0. The molecule has 0 nitrogen and oxygen atoms in total. The van der Waals surface area contributed by atoms with Crippen LogP contribution < -0.4 is 0 Å². The van der Waals surface area contributed by atoms with Crippen molar-refractivity contribution in [2.75, 3.05) is 0 Å². The minimum absolute atomic E-state index is 0.738. The summed E-state index contributed by atoms with van der Waals surface area (Å²) in [7, 11) is 0. The first-order valence-corrected chi connectivity index (χ1v) is 7.16. The van der Waals surface area contributed by atoms with E-state index in [1.54, 1.807) is 12.2 Å². The lowest BCUT2D eigenvalue weighted by Gasteiger charge is -2.09. The third-order valence-corrected chi connectivity index (χ3v) is 4.51. The summed E-state index contributed by atoms with van der Waals surface area (Å²) >= 11 is 11.8. The fourth-order valence-electron chi connectivity index (χ4n) is 0.506. The van der Waals surface area contributed by atoms with Crippen LogP contribution in [0, 0.1) is 0 Å². The smallest absolute Gasteiger partial charge is 0.145 e. The molecule has 0 bridgehead atoms. The lowest BCUT2D eigenvalue weighted by Crippen LogP contribution is -2.15. The fourth-order valence-corrected chi connectivity index (χ4v) is 2.83. The molecule has 0 N–H and O–H groups in total. The van der Waals surface area contributed by atoms with Gasteiger partial charge in [0.2, 0.25) is 0 Å². The van der Waals surface area contributed by atoms with Gasteiger partial charge in [-0.3, -0.25) is 0 Å². The Morgan fingerprint density at radius 3 is 1.67 bits per heavy atom. The van der Waals surface area contributed by atoms with Gasteiger partial charge in [-0.1, -0.05) is 12.2 Å². The number of hydrogen-bond donors (Lipinski definition) is 0. The first-order valence-electron chi connectivity index (χ1n) is 2.72. The van der Waals surface area contributed by atoms with Crippen molar-refractivity contribution in [3.63, 3.8) is 0 Å². The highest BCUT2D eigenvalue weighted by Crippen LogP contribution is 2.25. The highest BCUT2D eigenvalue weighted by molar-refractivity contribution is 7.45. The Balaban J connectivity index is 3.68. The summed E-state index contributed by atoms with van der Waals surface area (Å²) in [6.45, 7) is 5.12. The van der Waals surface area contributed by atoms with Crippen LogP contribution in [0.3, 0.4) is 0 Å². The molecule has 52 valence electrons. The first-order chi connectivity index (χ1) is 4.12. The van der Waals surface area contributed by atoms with Gasteiger partial charge in [0.1, 0.15) is 0 Å². The molecule has 0 amide bonds. The molecule has 0 atom stereocenters. The van der Waals surface area contributed by atoms with Crippen molar-refractivity contribution in [3.05, 3.63) is 25.3 Å². The highest BCUT2D eigenvalue weighted by Gasteiger charge is 2.23. The van der Waals surface area contributed by atoms with Crippen molar-refractivity contribution >= 4 is 28.9 Å². The zero-order valence-corrected chi connectivity index (χ0v) is 7.75. The molecule has 0 aromatic rings. The Morgan fingerprint density at radius 1 is 1.11 bits per heavy atom. The molecule has 0 heterocycles. The molecule has 0 aromatic heterocycles. The summed E-state index contributed by atoms with van der Waals surface area (Å²) < 4.78 is 0. The zero-order chi connectivity index (χ0) is 7.33. The molecule has 0 fully saturated rings. The summed E-state index contributed by atoms with van der Waals surface area (Å²) in [4.78, 5) is 0. The molecule has 0 spiro atoms. The van der Waals surface area contributed by atoms with E-state index in [2.05, 4.69) is 13.2 Å². The Labute approximate surface area is 66.6 Å². The van der Waals surface area contributed by atoms with E-state index >= 15 is 0 Å². The Bertz CT molecular complexity index is 97.6. The van der Waals surface area contributed by atoms with Gasteiger partial charge in [-0.15, -0.1) is 35.3 Å². The van der Waals surface area contributed by atoms with Gasteiger partial charge >= 0.3 is 0 Å². The van der Waals surface area contributed by atoms with Crippen molar-refractivity contribution in [2.45, 2.75) is 12.1 Å². The van der Waals surface area contributed by atoms with Crippen LogP contribution in [0.15, 0.2) is 25.3 Å². The highest BCUT2D eigenvalue weighted by atomic mass is 35.7. The van der Waals surface area contributed by atoms with Gasteiger partial charge in [0.15, 0.2) is 0 Å². The maximum atomic E-state index is 5.90. The van der Waals surface area contributed by atoms with Crippen LogP contribution in [0.4, 0.5) is 0 Å². The number of allylic oxidation sites excluding steroid dienone is 2. The van der Waals surface area contributed by atoms with E-state index in [0.717, 1.165) is 12.1 Å². The Morgan fingerprint density at radius 2 is 1.44 bits per heavy atom. The van der Waals surface area contributed by atoms with Gasteiger partial charge in [-0.05, 0) is 12.1 Å². The van der Waals surface area contributed by atoms with Gasteiger partial charge < -0.3 is 0 Å². The molecular weight excluding hydrogens is 171 g/mol. The van der Waals surface area contributed by atoms with E-state index in [1.807, 2.05) is 0 Å². The number of rotatable bonds is 4. The second kappa shape index (κ2) is 4.15. The molecule has 0 aliphatic carbocycles. The van der Waals surface area contributed by atoms with Crippen LogP contribution in [0.25, 0.3) is 0 Å². The topological polar surface area (TPSA) is 0 Å². The number of halogens is 2. The summed E-state index contributed by atoms with van der Waals surface area (Å²) in [6.07, 6.45) is 3.52. The quantitative estimate of drug-likeness (QED) is 0.354. The molecule has 0 aromatic carbocycles. The van der Waals surface area contributed by atoms with Crippen molar-refractivity contribution in [1.29, 1.82) is 0 Å². The largest absolute Gasteiger partial charge is 0.258 e. The predicted molar refractivity (Wildman–Crippen MR) is 47.5 cm³/mol.